The summed E-state index contributed by atoms with van der Waals surface area (Å²) in [7, 11) is 0. The topological polar surface area (TPSA) is 99.2 Å². The first-order valence-electron chi connectivity index (χ1n) is 10.5. The molecular weight excluding hydrogens is 451 g/mol. The van der Waals surface area contributed by atoms with E-state index in [1.165, 1.54) is 29.5 Å². The van der Waals surface area contributed by atoms with Gasteiger partial charge in [0.2, 0.25) is 0 Å². The van der Waals surface area contributed by atoms with Crippen LogP contribution >= 0.6 is 11.3 Å². The number of anilines is 1. The number of thiazole rings is 1. The molecule has 1 aliphatic heterocycles. The van der Waals surface area contributed by atoms with E-state index in [4.69, 9.17) is 9.47 Å². The number of halogens is 1. The van der Waals surface area contributed by atoms with E-state index in [1.807, 2.05) is 11.8 Å². The number of nitro benzene ring substituents is 1. The van der Waals surface area contributed by atoms with Gasteiger partial charge in [-0.15, -0.1) is 0 Å². The molecule has 0 unspecified atom stereocenters. The van der Waals surface area contributed by atoms with E-state index < -0.39 is 10.8 Å². The highest BCUT2D eigenvalue weighted by Crippen LogP contribution is 2.30. The summed E-state index contributed by atoms with van der Waals surface area (Å²) in [6.07, 6.45) is 0. The lowest BCUT2D eigenvalue weighted by Crippen LogP contribution is -2.36. The number of amides is 1. The van der Waals surface area contributed by atoms with Gasteiger partial charge in [-0.1, -0.05) is 11.3 Å². The number of nitro groups is 1. The second-order valence-electron chi connectivity index (χ2n) is 7.32. The van der Waals surface area contributed by atoms with Gasteiger partial charge in [0, 0.05) is 37.9 Å². The van der Waals surface area contributed by atoms with Crippen LogP contribution in [-0.2, 0) is 16.0 Å². The van der Waals surface area contributed by atoms with Gasteiger partial charge in [-0.3, -0.25) is 14.9 Å². The normalized spacial score (nSPS) is 14.7. The van der Waals surface area contributed by atoms with Crippen molar-refractivity contribution in [2.45, 2.75) is 13.5 Å². The predicted octanol–water partition coefficient (Wildman–Crippen LogP) is 3.36. The van der Waals surface area contributed by atoms with Crippen LogP contribution in [-0.4, -0.2) is 54.9 Å². The van der Waals surface area contributed by atoms with Crippen molar-refractivity contribution in [3.05, 3.63) is 62.7 Å². The van der Waals surface area contributed by atoms with Crippen LogP contribution in [0.5, 0.6) is 0 Å². The van der Waals surface area contributed by atoms with E-state index in [9.17, 15) is 19.3 Å². The highest BCUT2D eigenvalue weighted by molar-refractivity contribution is 7.16. The summed E-state index contributed by atoms with van der Waals surface area (Å²) in [5.74, 6) is -0.989. The van der Waals surface area contributed by atoms with Gasteiger partial charge in [-0.2, -0.15) is 4.99 Å². The van der Waals surface area contributed by atoms with Crippen LogP contribution in [0.3, 0.4) is 0 Å². The van der Waals surface area contributed by atoms with Gasteiger partial charge in [-0.05, 0) is 37.3 Å². The lowest BCUT2D eigenvalue weighted by molar-refractivity contribution is -0.384. The van der Waals surface area contributed by atoms with Crippen molar-refractivity contribution in [3.8, 4) is 0 Å². The van der Waals surface area contributed by atoms with Gasteiger partial charge in [-0.25, -0.2) is 4.39 Å². The average molecular weight is 475 g/mol. The first-order valence-corrected chi connectivity index (χ1v) is 11.4. The first-order chi connectivity index (χ1) is 16.0. The van der Waals surface area contributed by atoms with Crippen LogP contribution in [0.4, 0.5) is 15.8 Å². The lowest BCUT2D eigenvalue weighted by Gasteiger charge is -2.28. The molecule has 1 fully saturated rings. The highest BCUT2D eigenvalue weighted by Gasteiger charge is 2.23. The summed E-state index contributed by atoms with van der Waals surface area (Å²) in [5.41, 5.74) is 1.14. The number of hydrogen-bond acceptors (Lipinski definition) is 7. The smallest absolute Gasteiger partial charge is 0.293 e. The Balaban J connectivity index is 1.72. The van der Waals surface area contributed by atoms with Crippen LogP contribution in [0, 0.1) is 15.9 Å². The Labute approximate surface area is 192 Å². The van der Waals surface area contributed by atoms with Gasteiger partial charge in [0.1, 0.15) is 11.5 Å². The summed E-state index contributed by atoms with van der Waals surface area (Å²) in [4.78, 5) is 30.6. The standard InChI is InChI=1S/C22H23FN4O5S/c1-2-31-12-9-26-18-6-4-16(23)14-20(18)33-22(26)24-21(28)15-3-5-17(19(13-15)27(29)30)25-7-10-32-11-8-25/h3-6,13-14H,2,7-12H2,1H3. The Bertz CT molecular complexity index is 1250. The van der Waals surface area contributed by atoms with Crippen LogP contribution in [0.2, 0.25) is 0 Å². The summed E-state index contributed by atoms with van der Waals surface area (Å²) in [5, 5.41) is 11.7. The lowest BCUT2D eigenvalue weighted by atomic mass is 10.1. The number of fused-ring (bicyclic) bond motifs is 1. The molecule has 11 heteroatoms. The van der Waals surface area contributed by atoms with Crippen LogP contribution in [0.15, 0.2) is 41.4 Å². The number of carbonyl (C=O) groups is 1. The summed E-state index contributed by atoms with van der Waals surface area (Å²) in [6.45, 7) is 5.31. The fraction of sp³-hybridized carbons (Fsp3) is 0.364. The molecule has 1 amide bonds. The Morgan fingerprint density at radius 1 is 1.27 bits per heavy atom. The number of nitrogens with zero attached hydrogens (tertiary/aromatic N) is 4. The first kappa shape index (κ1) is 23.0. The zero-order valence-electron chi connectivity index (χ0n) is 18.0. The molecule has 0 radical (unpaired) electrons. The molecule has 1 aliphatic rings. The van der Waals surface area contributed by atoms with E-state index in [0.29, 0.717) is 61.3 Å². The van der Waals surface area contributed by atoms with Crippen molar-refractivity contribution in [1.82, 2.24) is 4.57 Å². The van der Waals surface area contributed by atoms with Gasteiger partial charge in [0.15, 0.2) is 4.80 Å². The molecule has 33 heavy (non-hydrogen) atoms. The number of morpholine rings is 1. The molecule has 0 aliphatic carbocycles. The van der Waals surface area contributed by atoms with E-state index in [-0.39, 0.29) is 17.1 Å². The Kier molecular flexibility index (Phi) is 7.11. The molecule has 2 aromatic carbocycles. The molecule has 0 bridgehead atoms. The third-order valence-corrected chi connectivity index (χ3v) is 6.32. The molecule has 0 saturated carbocycles. The average Bonchev–Trinajstić information content (AvgIpc) is 3.15. The van der Waals surface area contributed by atoms with Crippen molar-refractivity contribution in [3.63, 3.8) is 0 Å². The zero-order valence-corrected chi connectivity index (χ0v) is 18.8. The predicted molar refractivity (Wildman–Crippen MR) is 122 cm³/mol. The van der Waals surface area contributed by atoms with Crippen molar-refractivity contribution >= 4 is 38.8 Å². The molecule has 1 saturated heterocycles. The SMILES string of the molecule is CCOCCn1c(=NC(=O)c2ccc(N3CCOCC3)c([N+](=O)[O-])c2)sc2cc(F)ccc21. The Morgan fingerprint density at radius 2 is 2.06 bits per heavy atom. The van der Waals surface area contributed by atoms with Crippen molar-refractivity contribution < 1.29 is 23.6 Å². The molecule has 1 aromatic heterocycles. The second kappa shape index (κ2) is 10.2. The molecule has 4 rings (SSSR count). The highest BCUT2D eigenvalue weighted by atomic mass is 32.1. The van der Waals surface area contributed by atoms with Gasteiger partial charge in [0.25, 0.3) is 11.6 Å². The minimum Gasteiger partial charge on any atom is -0.380 e. The third-order valence-electron chi connectivity index (χ3n) is 5.28. The number of benzene rings is 2. The largest absolute Gasteiger partial charge is 0.380 e. The van der Waals surface area contributed by atoms with Gasteiger partial charge in [0.05, 0.1) is 35.0 Å². The number of aromatic nitrogens is 1. The maximum atomic E-state index is 13.7. The van der Waals surface area contributed by atoms with Crippen LogP contribution in [0.25, 0.3) is 10.2 Å². The van der Waals surface area contributed by atoms with Crippen molar-refractivity contribution in [2.24, 2.45) is 4.99 Å². The maximum absolute atomic E-state index is 13.7. The summed E-state index contributed by atoms with van der Waals surface area (Å²) < 4.78 is 26.9. The van der Waals surface area contributed by atoms with E-state index >= 15 is 0 Å². The van der Waals surface area contributed by atoms with Crippen molar-refractivity contribution in [1.29, 1.82) is 0 Å². The van der Waals surface area contributed by atoms with Crippen molar-refractivity contribution in [2.75, 3.05) is 44.4 Å². The molecule has 9 nitrogen and oxygen atoms in total. The quantitative estimate of drug-likeness (QED) is 0.296. The number of carbonyl (C=O) groups excluding carboxylic acids is 1. The summed E-state index contributed by atoms with van der Waals surface area (Å²) >= 11 is 1.18. The van der Waals surface area contributed by atoms with E-state index in [0.717, 1.165) is 5.52 Å². The van der Waals surface area contributed by atoms with Crippen LogP contribution < -0.4 is 9.70 Å². The molecule has 0 atom stereocenters. The second-order valence-corrected chi connectivity index (χ2v) is 8.33. The molecule has 0 spiro atoms. The van der Waals surface area contributed by atoms with Crippen LogP contribution in [0.1, 0.15) is 17.3 Å². The maximum Gasteiger partial charge on any atom is 0.293 e. The monoisotopic (exact) mass is 474 g/mol. The minimum absolute atomic E-state index is 0.110. The third kappa shape index (κ3) is 5.10. The van der Waals surface area contributed by atoms with Gasteiger partial charge < -0.3 is 18.9 Å². The number of rotatable bonds is 7. The summed E-state index contributed by atoms with van der Waals surface area (Å²) in [6, 6.07) is 8.76. The minimum atomic E-state index is -0.608. The molecule has 174 valence electrons. The molecule has 2 heterocycles. The Hall–Kier alpha value is -3.15. The molecular formula is C22H23FN4O5S. The van der Waals surface area contributed by atoms with E-state index in [1.54, 1.807) is 22.8 Å². The number of hydrogen-bond donors (Lipinski definition) is 0. The van der Waals surface area contributed by atoms with Gasteiger partial charge >= 0.3 is 0 Å². The molecule has 0 N–H and O–H groups in total. The fourth-order valence-corrected chi connectivity index (χ4v) is 4.75. The Morgan fingerprint density at radius 3 is 2.79 bits per heavy atom. The van der Waals surface area contributed by atoms with E-state index in [2.05, 4.69) is 4.99 Å². The fourth-order valence-electron chi connectivity index (χ4n) is 3.67. The molecule has 3 aromatic rings. The zero-order chi connectivity index (χ0) is 23.4. The number of ether oxygens (including phenoxy) is 2.